The normalized spacial score (nSPS) is 13.6. The van der Waals surface area contributed by atoms with Crippen LogP contribution in [0.4, 0.5) is 0 Å². The van der Waals surface area contributed by atoms with Crippen LogP contribution in [-0.4, -0.2) is 33.1 Å². The van der Waals surface area contributed by atoms with Crippen LogP contribution in [0, 0.1) is 0 Å². The lowest BCUT2D eigenvalue weighted by Crippen LogP contribution is -2.26. The van der Waals surface area contributed by atoms with Crippen LogP contribution in [0.3, 0.4) is 0 Å². The van der Waals surface area contributed by atoms with Gasteiger partial charge in [-0.25, -0.2) is 9.97 Å². The molecule has 0 amide bonds. The summed E-state index contributed by atoms with van der Waals surface area (Å²) < 4.78 is 5.14. The summed E-state index contributed by atoms with van der Waals surface area (Å²) in [4.78, 5) is 31.4. The number of benzene rings is 1. The molecule has 2 unspecified atom stereocenters. The van der Waals surface area contributed by atoms with E-state index in [2.05, 4.69) is 9.97 Å². The van der Waals surface area contributed by atoms with Crippen LogP contribution in [0.1, 0.15) is 31.7 Å². The fourth-order valence-electron chi connectivity index (χ4n) is 1.91. The number of hydrogen-bond donors (Lipinski definition) is 1. The minimum absolute atomic E-state index is 0.317. The fraction of sp³-hybridized carbons (Fsp3) is 0.333. The number of esters is 1. The van der Waals surface area contributed by atoms with E-state index in [0.717, 1.165) is 0 Å². The van der Waals surface area contributed by atoms with Crippen LogP contribution < -0.4 is 0 Å². The van der Waals surface area contributed by atoms with Crippen molar-refractivity contribution in [2.24, 2.45) is 0 Å². The van der Waals surface area contributed by atoms with Crippen molar-refractivity contribution in [3.63, 3.8) is 0 Å². The van der Waals surface area contributed by atoms with Crippen LogP contribution in [0.2, 0.25) is 0 Å². The highest BCUT2D eigenvalue weighted by molar-refractivity contribution is 6.00. The number of nitrogens with zero attached hydrogens (tertiary/aromatic N) is 2. The Bertz CT molecular complexity index is 672. The molecule has 1 N–H and O–H groups in total. The largest absolute Gasteiger partial charge is 0.480 e. The summed E-state index contributed by atoms with van der Waals surface area (Å²) in [7, 11) is 0. The molecule has 1 heterocycles. The summed E-state index contributed by atoms with van der Waals surface area (Å²) in [6.07, 6.45) is 3.30. The van der Waals surface area contributed by atoms with Crippen LogP contribution in [0.25, 0.3) is 10.9 Å². The van der Waals surface area contributed by atoms with Gasteiger partial charge in [0.05, 0.1) is 11.6 Å². The number of carbonyl (C=O) groups excluding carboxylic acids is 1. The Labute approximate surface area is 121 Å². The van der Waals surface area contributed by atoms with E-state index >= 15 is 0 Å². The first-order chi connectivity index (χ1) is 10.0. The average molecular weight is 288 g/mol. The van der Waals surface area contributed by atoms with Gasteiger partial charge in [0.15, 0.2) is 5.92 Å². The maximum absolute atomic E-state index is 12.1. The van der Waals surface area contributed by atoms with Crippen molar-refractivity contribution < 1.29 is 19.4 Å². The molecule has 0 radical (unpaired) electrons. The first-order valence-corrected chi connectivity index (χ1v) is 6.66. The number of rotatable bonds is 5. The van der Waals surface area contributed by atoms with Gasteiger partial charge in [-0.15, -0.1) is 0 Å². The summed E-state index contributed by atoms with van der Waals surface area (Å²) in [6.45, 7) is 3.59. The smallest absolute Gasteiger partial charge is 0.325 e. The predicted molar refractivity (Wildman–Crippen MR) is 75.8 cm³/mol. The molecule has 0 saturated heterocycles. The molecule has 21 heavy (non-hydrogen) atoms. The van der Waals surface area contributed by atoms with Gasteiger partial charge in [-0.3, -0.25) is 9.59 Å². The maximum atomic E-state index is 12.1. The minimum Gasteiger partial charge on any atom is -0.480 e. The van der Waals surface area contributed by atoms with E-state index in [0.29, 0.717) is 22.9 Å². The number of fused-ring (bicyclic) bond motifs is 1. The van der Waals surface area contributed by atoms with Gasteiger partial charge in [0, 0.05) is 11.6 Å². The fourth-order valence-corrected chi connectivity index (χ4v) is 1.91. The van der Waals surface area contributed by atoms with E-state index < -0.39 is 17.9 Å². The van der Waals surface area contributed by atoms with Crippen molar-refractivity contribution in [1.82, 2.24) is 9.97 Å². The van der Waals surface area contributed by atoms with Gasteiger partial charge in [0.25, 0.3) is 0 Å². The van der Waals surface area contributed by atoms with Crippen LogP contribution >= 0.6 is 0 Å². The van der Waals surface area contributed by atoms with E-state index in [9.17, 15) is 14.7 Å². The Hall–Kier alpha value is -2.50. The molecule has 2 aromatic rings. The summed E-state index contributed by atoms with van der Waals surface area (Å²) >= 11 is 0. The lowest BCUT2D eigenvalue weighted by atomic mass is 9.98. The molecule has 6 nitrogen and oxygen atoms in total. The third kappa shape index (κ3) is 3.34. The molecule has 2 rings (SSSR count). The number of carboxylic acids is 1. The predicted octanol–water partition coefficient (Wildman–Crippen LogP) is 2.14. The molecule has 0 saturated carbocycles. The Morgan fingerprint density at radius 1 is 1.38 bits per heavy atom. The highest BCUT2D eigenvalue weighted by atomic mass is 16.5. The molecule has 1 aromatic heterocycles. The SMILES string of the molecule is CCC(C)OC(=O)C(C(=O)O)c1ccc2ncncc2c1. The van der Waals surface area contributed by atoms with E-state index in [1.165, 1.54) is 6.33 Å². The van der Waals surface area contributed by atoms with Crippen LogP contribution in [0.5, 0.6) is 0 Å². The highest BCUT2D eigenvalue weighted by Gasteiger charge is 2.31. The Morgan fingerprint density at radius 2 is 2.14 bits per heavy atom. The number of carbonyl (C=O) groups is 2. The summed E-state index contributed by atoms with van der Waals surface area (Å²) in [6, 6.07) is 4.84. The molecule has 0 aliphatic rings. The number of aromatic nitrogens is 2. The van der Waals surface area contributed by atoms with E-state index in [1.807, 2.05) is 6.92 Å². The molecule has 0 fully saturated rings. The van der Waals surface area contributed by atoms with Crippen molar-refractivity contribution in [2.75, 3.05) is 0 Å². The molecule has 6 heteroatoms. The lowest BCUT2D eigenvalue weighted by molar-refractivity contribution is -0.157. The van der Waals surface area contributed by atoms with Gasteiger partial charge < -0.3 is 9.84 Å². The van der Waals surface area contributed by atoms with Crippen molar-refractivity contribution in [2.45, 2.75) is 32.3 Å². The van der Waals surface area contributed by atoms with Gasteiger partial charge in [0.1, 0.15) is 6.33 Å². The third-order valence-corrected chi connectivity index (χ3v) is 3.24. The molecule has 1 aromatic carbocycles. The summed E-state index contributed by atoms with van der Waals surface area (Å²) in [5, 5.41) is 10.0. The Balaban J connectivity index is 2.36. The molecule has 2 atom stereocenters. The van der Waals surface area contributed by atoms with E-state index in [4.69, 9.17) is 4.74 Å². The molecule has 0 aliphatic heterocycles. The zero-order valence-corrected chi connectivity index (χ0v) is 11.8. The topological polar surface area (TPSA) is 89.4 Å². The maximum Gasteiger partial charge on any atom is 0.325 e. The van der Waals surface area contributed by atoms with E-state index in [-0.39, 0.29) is 6.10 Å². The standard InChI is InChI=1S/C15H16N2O4/c1-3-9(2)21-15(20)13(14(18)19)10-4-5-12-11(6-10)7-16-8-17-12/h4-9,13H,3H2,1-2H3,(H,18,19). The number of aliphatic carboxylic acids is 1. The third-order valence-electron chi connectivity index (χ3n) is 3.24. The second-order valence-corrected chi connectivity index (χ2v) is 4.77. The first kappa shape index (κ1) is 14.9. The first-order valence-electron chi connectivity index (χ1n) is 6.66. The van der Waals surface area contributed by atoms with Crippen LogP contribution in [0.15, 0.2) is 30.7 Å². The Morgan fingerprint density at radius 3 is 2.81 bits per heavy atom. The van der Waals surface area contributed by atoms with E-state index in [1.54, 1.807) is 31.3 Å². The van der Waals surface area contributed by atoms with Crippen molar-refractivity contribution in [3.8, 4) is 0 Å². The monoisotopic (exact) mass is 288 g/mol. The molecule has 0 spiro atoms. The molecular weight excluding hydrogens is 272 g/mol. The minimum atomic E-state index is -1.34. The second kappa shape index (κ2) is 6.30. The van der Waals surface area contributed by atoms with Crippen molar-refractivity contribution in [1.29, 1.82) is 0 Å². The van der Waals surface area contributed by atoms with Crippen molar-refractivity contribution in [3.05, 3.63) is 36.3 Å². The van der Waals surface area contributed by atoms with Crippen molar-refractivity contribution >= 4 is 22.8 Å². The molecular formula is C15H16N2O4. The van der Waals surface area contributed by atoms with Gasteiger partial charge in [-0.1, -0.05) is 13.0 Å². The van der Waals surface area contributed by atoms with Gasteiger partial charge in [0.2, 0.25) is 0 Å². The second-order valence-electron chi connectivity index (χ2n) is 4.77. The lowest BCUT2D eigenvalue weighted by Gasteiger charge is -2.16. The zero-order chi connectivity index (χ0) is 15.4. The summed E-state index contributed by atoms with van der Waals surface area (Å²) in [5.41, 5.74) is 1.05. The van der Waals surface area contributed by atoms with Gasteiger partial charge >= 0.3 is 11.9 Å². The average Bonchev–Trinajstić information content (AvgIpc) is 2.46. The Kier molecular flexibility index (Phi) is 4.47. The molecule has 0 aliphatic carbocycles. The number of hydrogen-bond acceptors (Lipinski definition) is 5. The quantitative estimate of drug-likeness (QED) is 0.669. The number of ether oxygens (including phenoxy) is 1. The number of carboxylic acid groups (broad SMARTS) is 1. The van der Waals surface area contributed by atoms with Gasteiger partial charge in [-0.05, 0) is 31.0 Å². The molecule has 110 valence electrons. The highest BCUT2D eigenvalue weighted by Crippen LogP contribution is 2.22. The molecule has 0 bridgehead atoms. The van der Waals surface area contributed by atoms with Crippen LogP contribution in [-0.2, 0) is 14.3 Å². The summed E-state index contributed by atoms with van der Waals surface area (Å²) in [5.74, 6) is -3.34. The van der Waals surface area contributed by atoms with Gasteiger partial charge in [-0.2, -0.15) is 0 Å². The zero-order valence-electron chi connectivity index (χ0n) is 11.8.